The first kappa shape index (κ1) is 16.4. The van der Waals surface area contributed by atoms with Crippen LogP contribution in [-0.2, 0) is 9.53 Å². The van der Waals surface area contributed by atoms with Crippen LogP contribution in [0.4, 0.5) is 0 Å². The minimum Gasteiger partial charge on any atom is -0.465 e. The van der Waals surface area contributed by atoms with Crippen LogP contribution in [0.25, 0.3) is 0 Å². The molecule has 4 heteroatoms. The van der Waals surface area contributed by atoms with Gasteiger partial charge < -0.3 is 15.0 Å². The minimum atomic E-state index is -0.173. The van der Waals surface area contributed by atoms with Crippen LogP contribution >= 0.6 is 0 Å². The number of piperidine rings is 1. The molecule has 0 aromatic carbocycles. The second-order valence-corrected chi connectivity index (χ2v) is 5.39. The molecule has 0 saturated carbocycles. The molecule has 1 heterocycles. The van der Waals surface area contributed by atoms with Gasteiger partial charge in [-0.25, -0.2) is 0 Å². The Morgan fingerprint density at radius 2 is 2.00 bits per heavy atom. The summed E-state index contributed by atoms with van der Waals surface area (Å²) in [6, 6.07) is -0.173. The van der Waals surface area contributed by atoms with E-state index in [1.54, 1.807) is 0 Å². The van der Waals surface area contributed by atoms with Crippen LogP contribution in [0.3, 0.4) is 0 Å². The van der Waals surface area contributed by atoms with Crippen molar-refractivity contribution in [2.45, 2.75) is 52.5 Å². The van der Waals surface area contributed by atoms with E-state index in [0.717, 1.165) is 32.1 Å². The largest absolute Gasteiger partial charge is 0.465 e. The molecule has 0 radical (unpaired) electrons. The molecule has 0 spiro atoms. The Hall–Kier alpha value is -0.610. The summed E-state index contributed by atoms with van der Waals surface area (Å²) in [4.78, 5) is 14.3. The number of likely N-dealkylation sites (tertiary alicyclic amines) is 1. The number of nitrogens with zero attached hydrogens (tertiary/aromatic N) is 1. The molecule has 112 valence electrons. The molecule has 0 bridgehead atoms. The molecule has 0 aromatic heterocycles. The van der Waals surface area contributed by atoms with Crippen molar-refractivity contribution in [1.82, 2.24) is 10.2 Å². The smallest absolute Gasteiger partial charge is 0.324 e. The zero-order valence-corrected chi connectivity index (χ0v) is 12.8. The lowest BCUT2D eigenvalue weighted by molar-refractivity contribution is -0.146. The fourth-order valence-corrected chi connectivity index (χ4v) is 2.84. The number of nitrogens with one attached hydrogen (secondary N) is 1. The first-order valence-electron chi connectivity index (χ1n) is 7.83. The van der Waals surface area contributed by atoms with Gasteiger partial charge in [-0.15, -0.1) is 0 Å². The molecule has 4 nitrogen and oxygen atoms in total. The van der Waals surface area contributed by atoms with Crippen LogP contribution in [0.2, 0.25) is 0 Å². The van der Waals surface area contributed by atoms with Gasteiger partial charge in [-0.05, 0) is 45.3 Å². The number of ether oxygens (including phenoxy) is 1. The van der Waals surface area contributed by atoms with E-state index in [1.807, 2.05) is 13.8 Å². The third kappa shape index (κ3) is 5.91. The molecule has 1 saturated heterocycles. The fraction of sp³-hybridized carbons (Fsp3) is 0.933. The monoisotopic (exact) mass is 270 g/mol. The molecule has 0 amide bonds. The van der Waals surface area contributed by atoms with E-state index in [4.69, 9.17) is 4.74 Å². The van der Waals surface area contributed by atoms with Crippen molar-refractivity contribution in [2.24, 2.45) is 5.92 Å². The summed E-state index contributed by atoms with van der Waals surface area (Å²) in [6.45, 7) is 10.4. The summed E-state index contributed by atoms with van der Waals surface area (Å²) >= 11 is 0. The average molecular weight is 270 g/mol. The number of hydrogen-bond acceptors (Lipinski definition) is 4. The second kappa shape index (κ2) is 9.32. The fourth-order valence-electron chi connectivity index (χ4n) is 2.84. The first-order chi connectivity index (χ1) is 9.21. The molecular weight excluding hydrogens is 240 g/mol. The molecule has 19 heavy (non-hydrogen) atoms. The first-order valence-corrected chi connectivity index (χ1v) is 7.83. The molecule has 1 fully saturated rings. The third-order valence-corrected chi connectivity index (χ3v) is 3.87. The second-order valence-electron chi connectivity index (χ2n) is 5.39. The molecular formula is C15H30N2O2. The van der Waals surface area contributed by atoms with Gasteiger partial charge in [0.15, 0.2) is 0 Å². The highest BCUT2D eigenvalue weighted by molar-refractivity contribution is 5.76. The third-order valence-electron chi connectivity index (χ3n) is 3.87. The van der Waals surface area contributed by atoms with Gasteiger partial charge >= 0.3 is 5.97 Å². The molecule has 1 atom stereocenters. The molecule has 1 N–H and O–H groups in total. The van der Waals surface area contributed by atoms with Crippen LogP contribution in [0.15, 0.2) is 0 Å². The van der Waals surface area contributed by atoms with Gasteiger partial charge in [-0.2, -0.15) is 0 Å². The Balaban J connectivity index is 2.36. The Bertz CT molecular complexity index is 251. The standard InChI is InChI=1S/C15H30N2O2/c1-4-7-13-8-10-17(11-9-13)12-14(16-5-2)15(18)19-6-3/h13-14,16H,4-12H2,1-3H3. The summed E-state index contributed by atoms with van der Waals surface area (Å²) < 4.78 is 5.13. The van der Waals surface area contributed by atoms with E-state index in [2.05, 4.69) is 17.1 Å². The van der Waals surface area contributed by atoms with Gasteiger partial charge in [-0.1, -0.05) is 26.7 Å². The Morgan fingerprint density at radius 1 is 1.32 bits per heavy atom. The van der Waals surface area contributed by atoms with Crippen LogP contribution < -0.4 is 5.32 Å². The number of rotatable bonds is 8. The van der Waals surface area contributed by atoms with Crippen LogP contribution in [0.1, 0.15) is 46.5 Å². The molecule has 0 aromatic rings. The maximum absolute atomic E-state index is 11.9. The lowest BCUT2D eigenvalue weighted by Gasteiger charge is -2.33. The zero-order valence-electron chi connectivity index (χ0n) is 12.8. The summed E-state index contributed by atoms with van der Waals surface area (Å²) in [5.41, 5.74) is 0. The SMILES string of the molecule is CCCC1CCN(CC(NCC)C(=O)OCC)CC1. The molecule has 0 aliphatic carbocycles. The Kier molecular flexibility index (Phi) is 8.07. The van der Waals surface area contributed by atoms with Crippen molar-refractivity contribution in [3.8, 4) is 0 Å². The van der Waals surface area contributed by atoms with E-state index in [1.165, 1.54) is 25.7 Å². The van der Waals surface area contributed by atoms with E-state index in [-0.39, 0.29) is 12.0 Å². The molecule has 1 rings (SSSR count). The Labute approximate surface area is 117 Å². The number of carbonyl (C=O) groups is 1. The van der Waals surface area contributed by atoms with Gasteiger partial charge in [-0.3, -0.25) is 4.79 Å². The highest BCUT2D eigenvalue weighted by atomic mass is 16.5. The van der Waals surface area contributed by atoms with Crippen molar-refractivity contribution in [2.75, 3.05) is 32.8 Å². The van der Waals surface area contributed by atoms with Crippen LogP contribution in [0.5, 0.6) is 0 Å². The maximum Gasteiger partial charge on any atom is 0.324 e. The summed E-state index contributed by atoms with van der Waals surface area (Å²) in [5.74, 6) is 0.779. The van der Waals surface area contributed by atoms with Crippen LogP contribution in [-0.4, -0.2) is 49.7 Å². The quantitative estimate of drug-likeness (QED) is 0.685. The number of hydrogen-bond donors (Lipinski definition) is 1. The van der Waals surface area contributed by atoms with Crippen LogP contribution in [0, 0.1) is 5.92 Å². The lowest BCUT2D eigenvalue weighted by atomic mass is 9.92. The summed E-state index contributed by atoms with van der Waals surface area (Å²) in [5, 5.41) is 3.23. The van der Waals surface area contributed by atoms with Gasteiger partial charge in [0.25, 0.3) is 0 Å². The maximum atomic E-state index is 11.9. The zero-order chi connectivity index (χ0) is 14.1. The van der Waals surface area contributed by atoms with Crippen molar-refractivity contribution in [3.63, 3.8) is 0 Å². The number of carbonyl (C=O) groups excluding carboxylic acids is 1. The highest BCUT2D eigenvalue weighted by Gasteiger charge is 2.25. The van der Waals surface area contributed by atoms with Gasteiger partial charge in [0.2, 0.25) is 0 Å². The summed E-state index contributed by atoms with van der Waals surface area (Å²) in [7, 11) is 0. The number of likely N-dealkylation sites (N-methyl/N-ethyl adjacent to an activating group) is 1. The molecule has 1 unspecified atom stereocenters. The average Bonchev–Trinajstić information content (AvgIpc) is 2.41. The van der Waals surface area contributed by atoms with Crippen molar-refractivity contribution in [1.29, 1.82) is 0 Å². The van der Waals surface area contributed by atoms with Gasteiger partial charge in [0, 0.05) is 6.54 Å². The number of esters is 1. The van der Waals surface area contributed by atoms with E-state index in [9.17, 15) is 4.79 Å². The van der Waals surface area contributed by atoms with E-state index >= 15 is 0 Å². The van der Waals surface area contributed by atoms with Crippen molar-refractivity contribution in [3.05, 3.63) is 0 Å². The molecule has 1 aliphatic rings. The topological polar surface area (TPSA) is 41.6 Å². The van der Waals surface area contributed by atoms with Crippen molar-refractivity contribution < 1.29 is 9.53 Å². The van der Waals surface area contributed by atoms with E-state index < -0.39 is 0 Å². The lowest BCUT2D eigenvalue weighted by Crippen LogP contribution is -2.48. The normalized spacial score (nSPS) is 19.3. The highest BCUT2D eigenvalue weighted by Crippen LogP contribution is 2.21. The van der Waals surface area contributed by atoms with Crippen molar-refractivity contribution >= 4 is 5.97 Å². The summed E-state index contributed by atoms with van der Waals surface area (Å²) in [6.07, 6.45) is 5.18. The Morgan fingerprint density at radius 3 is 2.53 bits per heavy atom. The predicted molar refractivity (Wildman–Crippen MR) is 78.2 cm³/mol. The van der Waals surface area contributed by atoms with E-state index in [0.29, 0.717) is 6.61 Å². The molecule has 1 aliphatic heterocycles. The predicted octanol–water partition coefficient (Wildman–Crippen LogP) is 2.04. The van der Waals surface area contributed by atoms with Gasteiger partial charge in [0.1, 0.15) is 6.04 Å². The minimum absolute atomic E-state index is 0.111. The van der Waals surface area contributed by atoms with Gasteiger partial charge in [0.05, 0.1) is 6.61 Å².